The van der Waals surface area contributed by atoms with Crippen LogP contribution in [0.4, 0.5) is 0 Å². The highest BCUT2D eigenvalue weighted by atomic mass is 16.1. The van der Waals surface area contributed by atoms with E-state index < -0.39 is 0 Å². The second-order valence-corrected chi connectivity index (χ2v) is 4.15. The Kier molecular flexibility index (Phi) is 4.66. The molecule has 3 N–H and O–H groups in total. The summed E-state index contributed by atoms with van der Waals surface area (Å²) in [6.07, 6.45) is 1.67. The Labute approximate surface area is 121 Å². The number of benzene rings is 1. The van der Waals surface area contributed by atoms with E-state index >= 15 is 0 Å². The molecule has 7 heteroatoms. The van der Waals surface area contributed by atoms with E-state index in [2.05, 4.69) is 15.4 Å². The lowest BCUT2D eigenvalue weighted by atomic mass is 10.1. The van der Waals surface area contributed by atoms with Gasteiger partial charge in [-0.2, -0.15) is 10.4 Å². The Morgan fingerprint density at radius 3 is 2.81 bits per heavy atom. The molecule has 1 aromatic carbocycles. The Morgan fingerprint density at radius 2 is 2.10 bits per heavy atom. The van der Waals surface area contributed by atoms with Crippen molar-refractivity contribution in [1.29, 1.82) is 5.26 Å². The molecule has 0 fully saturated rings. The second-order valence-electron chi connectivity index (χ2n) is 4.15. The summed E-state index contributed by atoms with van der Waals surface area (Å²) in [7, 11) is 0. The number of nitriles is 1. The van der Waals surface area contributed by atoms with Crippen molar-refractivity contribution in [2.24, 2.45) is 10.7 Å². The number of nitrogens with two attached hydrogens (primary N) is 1. The lowest BCUT2D eigenvalue weighted by Gasteiger charge is -2.06. The monoisotopic (exact) mass is 282 g/mol. The van der Waals surface area contributed by atoms with Crippen molar-refractivity contribution in [2.45, 2.75) is 6.54 Å². The van der Waals surface area contributed by atoms with Crippen molar-refractivity contribution in [2.75, 3.05) is 6.54 Å². The van der Waals surface area contributed by atoms with Crippen LogP contribution in [0.1, 0.15) is 0 Å². The number of nitrogens with zero attached hydrogens (tertiary/aromatic N) is 4. The van der Waals surface area contributed by atoms with E-state index in [4.69, 9.17) is 11.0 Å². The molecule has 0 saturated carbocycles. The molecule has 7 nitrogen and oxygen atoms in total. The van der Waals surface area contributed by atoms with Gasteiger partial charge in [0.15, 0.2) is 6.19 Å². The normalized spacial score (nSPS) is 10.9. The van der Waals surface area contributed by atoms with Crippen LogP contribution in [0.15, 0.2) is 52.3 Å². The first-order valence-corrected chi connectivity index (χ1v) is 6.29. The molecule has 2 rings (SSSR count). The fourth-order valence-corrected chi connectivity index (χ4v) is 1.73. The Bertz CT molecular complexity index is 729. The zero-order chi connectivity index (χ0) is 15.1. The zero-order valence-electron chi connectivity index (χ0n) is 11.2. The van der Waals surface area contributed by atoms with Crippen LogP contribution in [0.3, 0.4) is 0 Å². The predicted octanol–water partition coefficient (Wildman–Crippen LogP) is 0.296. The highest BCUT2D eigenvalue weighted by Crippen LogP contribution is 2.13. The summed E-state index contributed by atoms with van der Waals surface area (Å²) in [5.41, 5.74) is 6.85. The molecule has 0 aliphatic heterocycles. The molecule has 0 spiro atoms. The van der Waals surface area contributed by atoms with Crippen LogP contribution in [0.2, 0.25) is 0 Å². The van der Waals surface area contributed by atoms with E-state index in [1.807, 2.05) is 30.3 Å². The maximum atomic E-state index is 11.8. The molecular formula is C14H14N6O. The second kappa shape index (κ2) is 6.86. The topological polar surface area (TPSA) is 109 Å². The first kappa shape index (κ1) is 14.3. The fraction of sp³-hybridized carbons (Fsp3) is 0.143. The summed E-state index contributed by atoms with van der Waals surface area (Å²) in [5, 5.41) is 14.9. The van der Waals surface area contributed by atoms with Crippen LogP contribution in [0, 0.1) is 11.5 Å². The number of nitrogens with one attached hydrogen (secondary N) is 1. The van der Waals surface area contributed by atoms with E-state index in [0.29, 0.717) is 5.69 Å². The average molecular weight is 282 g/mol. The molecule has 0 unspecified atom stereocenters. The van der Waals surface area contributed by atoms with Gasteiger partial charge in [-0.3, -0.25) is 15.1 Å². The molecule has 0 amide bonds. The number of hydrogen-bond acceptors (Lipinski definition) is 4. The van der Waals surface area contributed by atoms with E-state index in [9.17, 15) is 4.79 Å². The molecule has 1 aromatic heterocycles. The molecule has 0 aliphatic rings. The summed E-state index contributed by atoms with van der Waals surface area (Å²) in [4.78, 5) is 15.7. The van der Waals surface area contributed by atoms with Gasteiger partial charge >= 0.3 is 0 Å². The fourth-order valence-electron chi connectivity index (χ4n) is 1.73. The summed E-state index contributed by atoms with van der Waals surface area (Å²) < 4.78 is 1.32. The minimum absolute atomic E-state index is 0.0183. The van der Waals surface area contributed by atoms with Gasteiger partial charge in [0.25, 0.3) is 5.56 Å². The summed E-state index contributed by atoms with van der Waals surface area (Å²) in [5.74, 6) is 0.0183. The first-order valence-electron chi connectivity index (χ1n) is 6.29. The van der Waals surface area contributed by atoms with Crippen LogP contribution >= 0.6 is 0 Å². The third kappa shape index (κ3) is 3.91. The molecule has 21 heavy (non-hydrogen) atoms. The van der Waals surface area contributed by atoms with Crippen LogP contribution in [0.5, 0.6) is 0 Å². The van der Waals surface area contributed by atoms with E-state index in [1.165, 1.54) is 10.7 Å². The quantitative estimate of drug-likeness (QED) is 0.363. The minimum atomic E-state index is -0.211. The van der Waals surface area contributed by atoms with Gasteiger partial charge in [0.1, 0.15) is 0 Å². The van der Waals surface area contributed by atoms with Gasteiger partial charge in [-0.15, -0.1) is 0 Å². The molecule has 0 saturated heterocycles. The lowest BCUT2D eigenvalue weighted by Crippen LogP contribution is -2.29. The van der Waals surface area contributed by atoms with Crippen molar-refractivity contribution in [1.82, 2.24) is 15.1 Å². The van der Waals surface area contributed by atoms with Gasteiger partial charge in [0.2, 0.25) is 5.96 Å². The summed E-state index contributed by atoms with van der Waals surface area (Å²) in [6, 6.07) is 12.7. The highest BCUT2D eigenvalue weighted by Gasteiger charge is 2.02. The minimum Gasteiger partial charge on any atom is -0.369 e. The lowest BCUT2D eigenvalue weighted by molar-refractivity contribution is 0.590. The molecule has 1 heterocycles. The average Bonchev–Trinajstić information content (AvgIpc) is 2.50. The van der Waals surface area contributed by atoms with Crippen molar-refractivity contribution in [3.8, 4) is 17.5 Å². The maximum Gasteiger partial charge on any atom is 0.266 e. The number of aromatic nitrogens is 2. The third-order valence-corrected chi connectivity index (χ3v) is 2.71. The Balaban J connectivity index is 2.15. The predicted molar refractivity (Wildman–Crippen MR) is 79.2 cm³/mol. The Hall–Kier alpha value is -3.14. The van der Waals surface area contributed by atoms with Crippen molar-refractivity contribution in [3.63, 3.8) is 0 Å². The molecule has 106 valence electrons. The zero-order valence-corrected chi connectivity index (χ0v) is 11.2. The van der Waals surface area contributed by atoms with Gasteiger partial charge in [0, 0.05) is 11.6 Å². The summed E-state index contributed by atoms with van der Waals surface area (Å²) >= 11 is 0. The van der Waals surface area contributed by atoms with Gasteiger partial charge in [-0.25, -0.2) is 4.68 Å². The van der Waals surface area contributed by atoms with Crippen molar-refractivity contribution in [3.05, 3.63) is 52.8 Å². The summed E-state index contributed by atoms with van der Waals surface area (Å²) in [6.45, 7) is 0.541. The highest BCUT2D eigenvalue weighted by molar-refractivity contribution is 5.79. The van der Waals surface area contributed by atoms with Crippen LogP contribution in [0.25, 0.3) is 11.3 Å². The molecule has 0 atom stereocenters. The van der Waals surface area contributed by atoms with Crippen LogP contribution in [-0.2, 0) is 6.54 Å². The van der Waals surface area contributed by atoms with E-state index in [1.54, 1.807) is 12.3 Å². The SMILES string of the molecule is N#CNC(N)=NCCn1nc(-c2ccccc2)ccc1=O. The third-order valence-electron chi connectivity index (χ3n) is 2.71. The number of rotatable bonds is 4. The van der Waals surface area contributed by atoms with Crippen LogP contribution < -0.4 is 16.6 Å². The molecule has 2 aromatic rings. The van der Waals surface area contributed by atoms with Gasteiger partial charge in [-0.05, 0) is 6.07 Å². The molecule has 0 aliphatic carbocycles. The van der Waals surface area contributed by atoms with E-state index in [-0.39, 0.29) is 24.6 Å². The molecule has 0 radical (unpaired) electrons. The molecule has 0 bridgehead atoms. The number of hydrogen-bond donors (Lipinski definition) is 2. The largest absolute Gasteiger partial charge is 0.369 e. The van der Waals surface area contributed by atoms with Gasteiger partial charge in [0.05, 0.1) is 18.8 Å². The van der Waals surface area contributed by atoms with Crippen molar-refractivity contribution < 1.29 is 0 Å². The standard InChI is InChI=1S/C14H14N6O/c15-10-18-14(16)17-8-9-20-13(21)7-6-12(19-20)11-4-2-1-3-5-11/h1-7H,8-9H2,(H3,16,17,18). The van der Waals surface area contributed by atoms with E-state index in [0.717, 1.165) is 5.56 Å². The maximum absolute atomic E-state index is 11.8. The number of aliphatic imine (C=N–C) groups is 1. The van der Waals surface area contributed by atoms with Gasteiger partial charge in [-0.1, -0.05) is 30.3 Å². The molecular weight excluding hydrogens is 268 g/mol. The first-order chi connectivity index (χ1) is 10.2. The van der Waals surface area contributed by atoms with Gasteiger partial charge < -0.3 is 5.73 Å². The smallest absolute Gasteiger partial charge is 0.266 e. The van der Waals surface area contributed by atoms with Crippen molar-refractivity contribution >= 4 is 5.96 Å². The van der Waals surface area contributed by atoms with Crippen LogP contribution in [-0.4, -0.2) is 22.3 Å². The Morgan fingerprint density at radius 1 is 1.33 bits per heavy atom. The number of guanidine groups is 1.